The Morgan fingerprint density at radius 2 is 2.17 bits per heavy atom. The van der Waals surface area contributed by atoms with E-state index in [2.05, 4.69) is 21.9 Å². The molecule has 1 unspecified atom stereocenters. The van der Waals surface area contributed by atoms with Crippen molar-refractivity contribution in [1.82, 2.24) is 4.90 Å². The minimum absolute atomic E-state index is 0.232. The van der Waals surface area contributed by atoms with Crippen LogP contribution in [0.2, 0.25) is 0 Å². The summed E-state index contributed by atoms with van der Waals surface area (Å²) in [5.41, 5.74) is 7.53. The van der Waals surface area contributed by atoms with Crippen LogP contribution in [0.5, 0.6) is 0 Å². The molecular weight excluding hydrogens is 230 g/mol. The molecule has 1 rings (SSSR count). The maximum Gasteiger partial charge on any atom is 0.340 e. The Labute approximate surface area is 108 Å². The fraction of sp³-hybridized carbons (Fsp3) is 0.462. The van der Waals surface area contributed by atoms with E-state index in [9.17, 15) is 4.79 Å². The van der Waals surface area contributed by atoms with E-state index in [4.69, 9.17) is 5.73 Å². The molecule has 1 aromatic rings. The molecule has 0 heterocycles. The van der Waals surface area contributed by atoms with Gasteiger partial charge in [0.25, 0.3) is 0 Å². The van der Waals surface area contributed by atoms with Crippen molar-refractivity contribution in [3.63, 3.8) is 0 Å². The van der Waals surface area contributed by atoms with E-state index in [-0.39, 0.29) is 6.04 Å². The number of carbonyl (C=O) groups is 1. The average Bonchev–Trinajstić information content (AvgIpc) is 2.30. The van der Waals surface area contributed by atoms with E-state index >= 15 is 0 Å². The van der Waals surface area contributed by atoms with Crippen LogP contribution in [0.15, 0.2) is 18.2 Å². The van der Waals surface area contributed by atoms with E-state index in [1.807, 2.05) is 20.2 Å². The first-order valence-electron chi connectivity index (χ1n) is 5.83. The second kappa shape index (κ2) is 6.26. The molecule has 3 N–H and O–H groups in total. The van der Waals surface area contributed by atoms with E-state index in [0.717, 1.165) is 12.2 Å². The number of esters is 1. The molecule has 5 heteroatoms. The highest BCUT2D eigenvalue weighted by Crippen LogP contribution is 2.24. The Kier molecular flexibility index (Phi) is 4.97. The third-order valence-corrected chi connectivity index (χ3v) is 2.55. The Morgan fingerprint density at radius 1 is 1.50 bits per heavy atom. The molecule has 0 aromatic heterocycles. The lowest BCUT2D eigenvalue weighted by Crippen LogP contribution is -2.30. The lowest BCUT2D eigenvalue weighted by molar-refractivity contribution is 0.0602. The van der Waals surface area contributed by atoms with Gasteiger partial charge in [-0.1, -0.05) is 6.07 Å². The summed E-state index contributed by atoms with van der Waals surface area (Å²) in [6.07, 6.45) is 0. The van der Waals surface area contributed by atoms with Crippen LogP contribution in [0.3, 0.4) is 0 Å². The molecule has 0 aliphatic heterocycles. The maximum atomic E-state index is 11.5. The third kappa shape index (κ3) is 3.63. The van der Waals surface area contributed by atoms with Crippen LogP contribution >= 0.6 is 0 Å². The SMILES string of the molecule is COC(=O)c1cccc(NC(C)CN(C)C)c1N. The summed E-state index contributed by atoms with van der Waals surface area (Å²) in [6.45, 7) is 2.94. The fourth-order valence-electron chi connectivity index (χ4n) is 1.84. The minimum atomic E-state index is -0.420. The van der Waals surface area contributed by atoms with Crippen LogP contribution < -0.4 is 11.1 Å². The van der Waals surface area contributed by atoms with Gasteiger partial charge in [0.15, 0.2) is 0 Å². The second-order valence-electron chi connectivity index (χ2n) is 4.57. The normalized spacial score (nSPS) is 12.3. The number of ether oxygens (including phenoxy) is 1. The minimum Gasteiger partial charge on any atom is -0.465 e. The molecule has 18 heavy (non-hydrogen) atoms. The number of nitrogens with one attached hydrogen (secondary N) is 1. The number of likely N-dealkylation sites (N-methyl/N-ethyl adjacent to an activating group) is 1. The summed E-state index contributed by atoms with van der Waals surface area (Å²) in [5, 5.41) is 3.29. The highest BCUT2D eigenvalue weighted by atomic mass is 16.5. The lowest BCUT2D eigenvalue weighted by atomic mass is 10.1. The molecule has 0 saturated carbocycles. The number of anilines is 2. The van der Waals surface area contributed by atoms with Crippen molar-refractivity contribution >= 4 is 17.3 Å². The Bertz CT molecular complexity index is 419. The summed E-state index contributed by atoms with van der Waals surface area (Å²) in [7, 11) is 5.36. The number of nitrogens with two attached hydrogens (primary N) is 1. The largest absolute Gasteiger partial charge is 0.465 e. The zero-order chi connectivity index (χ0) is 13.7. The van der Waals surface area contributed by atoms with Gasteiger partial charge in [0, 0.05) is 12.6 Å². The summed E-state index contributed by atoms with van der Waals surface area (Å²) in [4.78, 5) is 13.6. The maximum absolute atomic E-state index is 11.5. The van der Waals surface area contributed by atoms with Crippen LogP contribution in [0.4, 0.5) is 11.4 Å². The third-order valence-electron chi connectivity index (χ3n) is 2.55. The second-order valence-corrected chi connectivity index (χ2v) is 4.57. The molecule has 1 aromatic carbocycles. The van der Waals surface area contributed by atoms with Gasteiger partial charge >= 0.3 is 5.97 Å². The van der Waals surface area contributed by atoms with Crippen molar-refractivity contribution < 1.29 is 9.53 Å². The number of rotatable bonds is 5. The highest BCUT2D eigenvalue weighted by molar-refractivity contribution is 5.98. The van der Waals surface area contributed by atoms with E-state index in [0.29, 0.717) is 11.3 Å². The number of benzene rings is 1. The van der Waals surface area contributed by atoms with Crippen LogP contribution in [0.1, 0.15) is 17.3 Å². The summed E-state index contributed by atoms with van der Waals surface area (Å²) in [6, 6.07) is 5.53. The molecule has 5 nitrogen and oxygen atoms in total. The fourth-order valence-corrected chi connectivity index (χ4v) is 1.84. The zero-order valence-electron chi connectivity index (χ0n) is 11.4. The molecule has 1 atom stereocenters. The van der Waals surface area contributed by atoms with Gasteiger partial charge in [0.1, 0.15) is 0 Å². The number of para-hydroxylation sites is 1. The van der Waals surface area contributed by atoms with Gasteiger partial charge in [-0.05, 0) is 33.2 Å². The van der Waals surface area contributed by atoms with Crippen molar-refractivity contribution in [1.29, 1.82) is 0 Å². The van der Waals surface area contributed by atoms with Crippen LogP contribution in [0.25, 0.3) is 0 Å². The molecular formula is C13H21N3O2. The van der Waals surface area contributed by atoms with Crippen molar-refractivity contribution in [2.75, 3.05) is 38.8 Å². The first-order chi connectivity index (χ1) is 8.45. The Hall–Kier alpha value is -1.75. The van der Waals surface area contributed by atoms with Crippen molar-refractivity contribution in [3.8, 4) is 0 Å². The monoisotopic (exact) mass is 251 g/mol. The molecule has 0 aliphatic rings. The first-order valence-corrected chi connectivity index (χ1v) is 5.83. The van der Waals surface area contributed by atoms with Gasteiger partial charge in [-0.3, -0.25) is 0 Å². The topological polar surface area (TPSA) is 67.6 Å². The van der Waals surface area contributed by atoms with Crippen molar-refractivity contribution in [3.05, 3.63) is 23.8 Å². The smallest absolute Gasteiger partial charge is 0.340 e. The molecule has 0 aliphatic carbocycles. The highest BCUT2D eigenvalue weighted by Gasteiger charge is 2.13. The Balaban J connectivity index is 2.87. The van der Waals surface area contributed by atoms with Crippen molar-refractivity contribution in [2.45, 2.75) is 13.0 Å². The quantitative estimate of drug-likeness (QED) is 0.612. The summed E-state index contributed by atoms with van der Waals surface area (Å²) >= 11 is 0. The van der Waals surface area contributed by atoms with Gasteiger partial charge in [0.05, 0.1) is 24.0 Å². The molecule has 0 radical (unpaired) electrons. The number of hydrogen-bond acceptors (Lipinski definition) is 5. The molecule has 0 amide bonds. The molecule has 0 fully saturated rings. The molecule has 0 bridgehead atoms. The molecule has 100 valence electrons. The van der Waals surface area contributed by atoms with Crippen LogP contribution in [-0.2, 0) is 4.74 Å². The number of nitrogens with zero attached hydrogens (tertiary/aromatic N) is 1. The number of methoxy groups -OCH3 is 1. The van der Waals surface area contributed by atoms with Gasteiger partial charge in [-0.25, -0.2) is 4.79 Å². The molecule has 0 saturated heterocycles. The van der Waals surface area contributed by atoms with Crippen molar-refractivity contribution in [2.24, 2.45) is 0 Å². The molecule has 0 spiro atoms. The van der Waals surface area contributed by atoms with E-state index in [1.54, 1.807) is 12.1 Å². The van der Waals surface area contributed by atoms with Gasteiger partial charge < -0.3 is 20.7 Å². The van der Waals surface area contributed by atoms with E-state index < -0.39 is 5.97 Å². The number of nitrogen functional groups attached to an aromatic ring is 1. The number of hydrogen-bond donors (Lipinski definition) is 2. The standard InChI is InChI=1S/C13H21N3O2/c1-9(8-16(2)3)15-11-7-5-6-10(12(11)14)13(17)18-4/h5-7,9,15H,8,14H2,1-4H3. The van der Waals surface area contributed by atoms with Gasteiger partial charge in [0.2, 0.25) is 0 Å². The predicted molar refractivity (Wildman–Crippen MR) is 73.8 cm³/mol. The van der Waals surface area contributed by atoms with Gasteiger partial charge in [-0.2, -0.15) is 0 Å². The average molecular weight is 251 g/mol. The van der Waals surface area contributed by atoms with Gasteiger partial charge in [-0.15, -0.1) is 0 Å². The first kappa shape index (κ1) is 14.3. The van der Waals surface area contributed by atoms with E-state index in [1.165, 1.54) is 7.11 Å². The predicted octanol–water partition coefficient (Wildman–Crippen LogP) is 1.42. The lowest BCUT2D eigenvalue weighted by Gasteiger charge is -2.21. The Morgan fingerprint density at radius 3 is 2.72 bits per heavy atom. The van der Waals surface area contributed by atoms with Crippen LogP contribution in [0, 0.1) is 0 Å². The number of carbonyl (C=O) groups excluding carboxylic acids is 1. The summed E-state index contributed by atoms with van der Waals surface area (Å²) in [5.74, 6) is -0.420. The zero-order valence-corrected chi connectivity index (χ0v) is 11.4. The summed E-state index contributed by atoms with van der Waals surface area (Å²) < 4.78 is 4.69. The van der Waals surface area contributed by atoms with Crippen LogP contribution in [-0.4, -0.2) is 44.7 Å².